The summed E-state index contributed by atoms with van der Waals surface area (Å²) in [7, 11) is 0. The van der Waals surface area contributed by atoms with E-state index in [2.05, 4.69) is 0 Å². The van der Waals surface area contributed by atoms with Crippen LogP contribution in [0.5, 0.6) is 11.5 Å². The van der Waals surface area contributed by atoms with E-state index in [1.165, 1.54) is 12.1 Å². The van der Waals surface area contributed by atoms with Crippen molar-refractivity contribution in [1.82, 2.24) is 0 Å². The van der Waals surface area contributed by atoms with Crippen molar-refractivity contribution in [2.45, 2.75) is 5.75 Å². The standard InChI is InChI=1S/C7H5ClO3S/c8-5-1-2-6(9)4-3-12(10)11-7(4)5/h1-2,9H,3H2. The Morgan fingerprint density at radius 2 is 2.33 bits per heavy atom. The lowest BCUT2D eigenvalue weighted by Crippen LogP contribution is -1.90. The zero-order chi connectivity index (χ0) is 8.72. The number of hydrogen-bond acceptors (Lipinski definition) is 3. The second kappa shape index (κ2) is 2.64. The normalized spacial score (nSPS) is 20.2. The molecular weight excluding hydrogens is 200 g/mol. The Balaban J connectivity index is 2.64. The molecule has 0 amide bonds. The maximum absolute atomic E-state index is 10.9. The second-order valence-corrected chi connectivity index (χ2v) is 3.88. The smallest absolute Gasteiger partial charge is 0.211 e. The number of hydrogen-bond donors (Lipinski definition) is 1. The SMILES string of the molecule is O=S1Cc2c(O)ccc(Cl)c2O1. The molecule has 3 nitrogen and oxygen atoms in total. The van der Waals surface area contributed by atoms with Gasteiger partial charge < -0.3 is 9.29 Å². The molecule has 1 aliphatic rings. The monoisotopic (exact) mass is 204 g/mol. The largest absolute Gasteiger partial charge is 0.507 e. The summed E-state index contributed by atoms with van der Waals surface area (Å²) in [6.45, 7) is 0. The molecule has 0 bridgehead atoms. The summed E-state index contributed by atoms with van der Waals surface area (Å²) in [6.07, 6.45) is 0. The Morgan fingerprint density at radius 1 is 1.58 bits per heavy atom. The molecule has 1 atom stereocenters. The predicted octanol–water partition coefficient (Wildman–Crippen LogP) is 1.60. The van der Waals surface area contributed by atoms with Crippen molar-refractivity contribution >= 4 is 22.7 Å². The van der Waals surface area contributed by atoms with Crippen molar-refractivity contribution < 1.29 is 13.5 Å². The third kappa shape index (κ3) is 1.07. The van der Waals surface area contributed by atoms with Gasteiger partial charge in [0.15, 0.2) is 5.75 Å². The Morgan fingerprint density at radius 3 is 3.00 bits per heavy atom. The first-order valence-electron chi connectivity index (χ1n) is 3.25. The van der Waals surface area contributed by atoms with Crippen molar-refractivity contribution in [1.29, 1.82) is 0 Å². The fraction of sp³-hybridized carbons (Fsp3) is 0.143. The topological polar surface area (TPSA) is 46.5 Å². The molecule has 1 aromatic carbocycles. The van der Waals surface area contributed by atoms with Crippen LogP contribution in [0.2, 0.25) is 5.02 Å². The fourth-order valence-corrected chi connectivity index (χ4v) is 2.27. The van der Waals surface area contributed by atoms with Crippen molar-refractivity contribution in [2.75, 3.05) is 0 Å². The molecule has 1 heterocycles. The molecule has 1 unspecified atom stereocenters. The van der Waals surface area contributed by atoms with Gasteiger partial charge in [0, 0.05) is 0 Å². The van der Waals surface area contributed by atoms with Gasteiger partial charge in [-0.25, -0.2) is 4.21 Å². The van der Waals surface area contributed by atoms with Gasteiger partial charge in [0.2, 0.25) is 11.1 Å². The van der Waals surface area contributed by atoms with E-state index in [1.54, 1.807) is 0 Å². The number of fused-ring (bicyclic) bond motifs is 1. The van der Waals surface area contributed by atoms with Crippen LogP contribution in [0.25, 0.3) is 0 Å². The van der Waals surface area contributed by atoms with Gasteiger partial charge in [-0.2, -0.15) is 0 Å². The lowest BCUT2D eigenvalue weighted by atomic mass is 10.2. The summed E-state index contributed by atoms with van der Waals surface area (Å²) in [6, 6.07) is 2.98. The van der Waals surface area contributed by atoms with E-state index in [-0.39, 0.29) is 11.5 Å². The van der Waals surface area contributed by atoms with Crippen LogP contribution in [0.4, 0.5) is 0 Å². The highest BCUT2D eigenvalue weighted by atomic mass is 35.5. The van der Waals surface area contributed by atoms with Gasteiger partial charge in [0.25, 0.3) is 0 Å². The number of halogens is 1. The summed E-state index contributed by atoms with van der Waals surface area (Å²) in [5.41, 5.74) is 0.529. The van der Waals surface area contributed by atoms with Crippen LogP contribution in [0.1, 0.15) is 5.56 Å². The molecule has 2 rings (SSSR count). The van der Waals surface area contributed by atoms with E-state index in [4.69, 9.17) is 15.8 Å². The molecule has 0 spiro atoms. The van der Waals surface area contributed by atoms with Crippen LogP contribution < -0.4 is 4.18 Å². The molecular formula is C7H5ClO3S. The van der Waals surface area contributed by atoms with Gasteiger partial charge >= 0.3 is 0 Å². The number of rotatable bonds is 0. The van der Waals surface area contributed by atoms with Crippen molar-refractivity contribution in [3.63, 3.8) is 0 Å². The van der Waals surface area contributed by atoms with Crippen LogP contribution in [0.3, 0.4) is 0 Å². The molecule has 1 N–H and O–H groups in total. The van der Waals surface area contributed by atoms with Gasteiger partial charge in [-0.1, -0.05) is 11.6 Å². The van der Waals surface area contributed by atoms with Crippen LogP contribution >= 0.6 is 11.6 Å². The van der Waals surface area contributed by atoms with E-state index in [0.29, 0.717) is 16.3 Å². The van der Waals surface area contributed by atoms with Gasteiger partial charge in [-0.3, -0.25) is 0 Å². The number of phenols is 1. The molecule has 1 aromatic rings. The van der Waals surface area contributed by atoms with Crippen molar-refractivity contribution in [3.05, 3.63) is 22.7 Å². The molecule has 0 aromatic heterocycles. The molecule has 5 heteroatoms. The minimum absolute atomic E-state index is 0.0836. The summed E-state index contributed by atoms with van der Waals surface area (Å²) in [5, 5.41) is 9.68. The van der Waals surface area contributed by atoms with E-state index in [1.807, 2.05) is 0 Å². The zero-order valence-electron chi connectivity index (χ0n) is 5.91. The average Bonchev–Trinajstić information content (AvgIpc) is 2.41. The number of aromatic hydroxyl groups is 1. The van der Waals surface area contributed by atoms with Crippen LogP contribution in [0.15, 0.2) is 12.1 Å². The molecule has 1 aliphatic heterocycles. The minimum atomic E-state index is -1.38. The van der Waals surface area contributed by atoms with Crippen LogP contribution in [0, 0.1) is 0 Å². The molecule has 12 heavy (non-hydrogen) atoms. The van der Waals surface area contributed by atoms with Gasteiger partial charge in [-0.05, 0) is 12.1 Å². The molecule has 0 saturated heterocycles. The molecule has 0 saturated carbocycles. The zero-order valence-corrected chi connectivity index (χ0v) is 7.48. The Hall–Kier alpha value is -0.740. The summed E-state index contributed by atoms with van der Waals surface area (Å²) < 4.78 is 15.8. The maximum Gasteiger partial charge on any atom is 0.211 e. The Kier molecular flexibility index (Phi) is 1.73. The lowest BCUT2D eigenvalue weighted by Gasteiger charge is -2.00. The van der Waals surface area contributed by atoms with E-state index >= 15 is 0 Å². The summed E-state index contributed by atoms with van der Waals surface area (Å²) in [4.78, 5) is 0. The van der Waals surface area contributed by atoms with Crippen LogP contribution in [-0.2, 0) is 16.8 Å². The minimum Gasteiger partial charge on any atom is -0.507 e. The average molecular weight is 205 g/mol. The molecule has 0 radical (unpaired) electrons. The van der Waals surface area contributed by atoms with Crippen LogP contribution in [-0.4, -0.2) is 9.32 Å². The Bertz CT molecular complexity index is 331. The highest BCUT2D eigenvalue weighted by molar-refractivity contribution is 7.80. The number of benzene rings is 1. The first kappa shape index (κ1) is 7.89. The third-order valence-electron chi connectivity index (χ3n) is 1.63. The van der Waals surface area contributed by atoms with E-state index in [0.717, 1.165) is 0 Å². The van der Waals surface area contributed by atoms with Gasteiger partial charge in [0.05, 0.1) is 16.3 Å². The molecule has 64 valence electrons. The van der Waals surface area contributed by atoms with E-state index < -0.39 is 11.1 Å². The highest BCUT2D eigenvalue weighted by Gasteiger charge is 2.24. The van der Waals surface area contributed by atoms with Crippen molar-refractivity contribution in [3.8, 4) is 11.5 Å². The third-order valence-corrected chi connectivity index (χ3v) is 2.80. The van der Waals surface area contributed by atoms with Gasteiger partial charge in [-0.15, -0.1) is 0 Å². The molecule has 0 aliphatic carbocycles. The van der Waals surface area contributed by atoms with Crippen molar-refractivity contribution in [2.24, 2.45) is 0 Å². The quantitative estimate of drug-likeness (QED) is 0.698. The van der Waals surface area contributed by atoms with E-state index in [9.17, 15) is 9.32 Å². The predicted molar refractivity (Wildman–Crippen MR) is 45.6 cm³/mol. The maximum atomic E-state index is 10.9. The first-order chi connectivity index (χ1) is 5.68. The van der Waals surface area contributed by atoms with Gasteiger partial charge in [0.1, 0.15) is 5.75 Å². The number of phenolic OH excluding ortho intramolecular Hbond substituents is 1. The first-order valence-corrected chi connectivity index (χ1v) is 4.87. The highest BCUT2D eigenvalue weighted by Crippen LogP contribution is 2.40. The molecule has 0 fully saturated rings. The second-order valence-electron chi connectivity index (χ2n) is 2.41. The fourth-order valence-electron chi connectivity index (χ4n) is 1.06. The lowest BCUT2D eigenvalue weighted by molar-refractivity contribution is 0.469. The Labute approximate surface area is 76.6 Å². The summed E-state index contributed by atoms with van der Waals surface area (Å²) in [5.74, 6) is 0.636. The summed E-state index contributed by atoms with van der Waals surface area (Å²) >= 11 is 4.35.